The second kappa shape index (κ2) is 7.33. The number of hydrogen-bond acceptors (Lipinski definition) is 5. The van der Waals surface area contributed by atoms with Crippen LogP contribution in [0, 0.1) is 0 Å². The normalized spacial score (nSPS) is 20.7. The number of nitrogens with zero attached hydrogens (tertiary/aromatic N) is 3. The minimum Gasteiger partial charge on any atom is -0.347 e. The first-order chi connectivity index (χ1) is 6.36. The van der Waals surface area contributed by atoms with Crippen LogP contribution in [0.2, 0.25) is 0 Å². The van der Waals surface area contributed by atoms with E-state index in [4.69, 9.17) is 0 Å². The summed E-state index contributed by atoms with van der Waals surface area (Å²) in [4.78, 5) is 2.30. The van der Waals surface area contributed by atoms with Gasteiger partial charge in [-0.05, 0) is 6.92 Å². The summed E-state index contributed by atoms with van der Waals surface area (Å²) in [6.45, 7) is 6.25. The fourth-order valence-electron chi connectivity index (χ4n) is 1.37. The highest BCUT2D eigenvalue weighted by Crippen LogP contribution is 2.14. The van der Waals surface area contributed by atoms with Gasteiger partial charge in [-0.25, -0.2) is 0 Å². The molecule has 0 bridgehead atoms. The molecule has 0 atom stereocenters. The molecule has 2 heterocycles. The van der Waals surface area contributed by atoms with Gasteiger partial charge in [-0.15, -0.1) is 29.9 Å². The van der Waals surface area contributed by atoms with Crippen molar-refractivity contribution >= 4 is 47.5 Å². The molecule has 0 amide bonds. The molecule has 0 aliphatic carbocycles. The van der Waals surface area contributed by atoms with Crippen LogP contribution in [-0.2, 0) is 0 Å². The Morgan fingerprint density at radius 1 is 1.20 bits per heavy atom. The van der Waals surface area contributed by atoms with Crippen molar-refractivity contribution in [2.45, 2.75) is 6.92 Å². The number of hydrogen-bond donors (Lipinski definition) is 1. The molecule has 2 aliphatic heterocycles. The SMILES string of the molecule is CC1=NN=C(N2CCNCC2)SC1.Cl.Cl. The van der Waals surface area contributed by atoms with Crippen molar-refractivity contribution in [3.8, 4) is 0 Å². The van der Waals surface area contributed by atoms with E-state index in [0.29, 0.717) is 0 Å². The van der Waals surface area contributed by atoms with Crippen molar-refractivity contribution in [2.75, 3.05) is 31.9 Å². The molecule has 15 heavy (non-hydrogen) atoms. The summed E-state index contributed by atoms with van der Waals surface area (Å²) in [6, 6.07) is 0. The molecule has 0 radical (unpaired) electrons. The van der Waals surface area contributed by atoms with Crippen LogP contribution >= 0.6 is 36.6 Å². The maximum atomic E-state index is 4.20. The van der Waals surface area contributed by atoms with Crippen LogP contribution in [0.5, 0.6) is 0 Å². The molecule has 0 aromatic carbocycles. The van der Waals surface area contributed by atoms with E-state index < -0.39 is 0 Å². The topological polar surface area (TPSA) is 40.0 Å². The summed E-state index contributed by atoms with van der Waals surface area (Å²) in [5.41, 5.74) is 1.11. The van der Waals surface area contributed by atoms with Gasteiger partial charge in [0.05, 0.1) is 0 Å². The smallest absolute Gasteiger partial charge is 0.186 e. The van der Waals surface area contributed by atoms with E-state index >= 15 is 0 Å². The van der Waals surface area contributed by atoms with E-state index in [-0.39, 0.29) is 24.8 Å². The van der Waals surface area contributed by atoms with Crippen molar-refractivity contribution in [3.63, 3.8) is 0 Å². The zero-order valence-electron chi connectivity index (χ0n) is 8.60. The highest BCUT2D eigenvalue weighted by Gasteiger charge is 2.17. The molecule has 2 aliphatic rings. The van der Waals surface area contributed by atoms with Crippen LogP contribution in [0.25, 0.3) is 0 Å². The molecule has 0 saturated carbocycles. The molecule has 88 valence electrons. The van der Waals surface area contributed by atoms with Crippen molar-refractivity contribution in [2.24, 2.45) is 10.2 Å². The lowest BCUT2D eigenvalue weighted by Gasteiger charge is -2.30. The summed E-state index contributed by atoms with van der Waals surface area (Å²) in [7, 11) is 0. The van der Waals surface area contributed by atoms with Gasteiger partial charge in [0.25, 0.3) is 0 Å². The fraction of sp³-hybridized carbons (Fsp3) is 0.750. The van der Waals surface area contributed by atoms with E-state index in [1.165, 1.54) is 0 Å². The van der Waals surface area contributed by atoms with Gasteiger partial charge in [-0.3, -0.25) is 0 Å². The molecule has 0 aromatic heterocycles. The Morgan fingerprint density at radius 2 is 1.87 bits per heavy atom. The number of nitrogens with one attached hydrogen (secondary N) is 1. The third-order valence-corrected chi connectivity index (χ3v) is 3.26. The van der Waals surface area contributed by atoms with Gasteiger partial charge in [-0.2, -0.15) is 5.10 Å². The number of halogens is 2. The predicted octanol–water partition coefficient (Wildman–Crippen LogP) is 1.21. The molecule has 4 nitrogen and oxygen atoms in total. The highest BCUT2D eigenvalue weighted by atomic mass is 35.5. The van der Waals surface area contributed by atoms with E-state index in [0.717, 1.165) is 42.8 Å². The summed E-state index contributed by atoms with van der Waals surface area (Å²) < 4.78 is 0. The number of amidine groups is 1. The Bertz CT molecular complexity index is 251. The molecular formula is C8H16Cl2N4S. The van der Waals surface area contributed by atoms with Crippen molar-refractivity contribution in [1.82, 2.24) is 10.2 Å². The second-order valence-corrected chi connectivity index (χ2v) is 4.19. The maximum absolute atomic E-state index is 4.20. The third-order valence-electron chi connectivity index (χ3n) is 2.10. The molecule has 0 unspecified atom stereocenters. The molecule has 7 heteroatoms. The van der Waals surface area contributed by atoms with Crippen molar-refractivity contribution in [1.29, 1.82) is 0 Å². The van der Waals surface area contributed by atoms with E-state index in [9.17, 15) is 0 Å². The third kappa shape index (κ3) is 4.18. The summed E-state index contributed by atoms with van der Waals surface area (Å²) in [6.07, 6.45) is 0. The van der Waals surface area contributed by atoms with Gasteiger partial charge in [0.2, 0.25) is 0 Å². The Labute approximate surface area is 107 Å². The molecule has 0 spiro atoms. The van der Waals surface area contributed by atoms with Crippen LogP contribution in [0.3, 0.4) is 0 Å². The quantitative estimate of drug-likeness (QED) is 0.720. The number of piperazine rings is 1. The summed E-state index contributed by atoms with van der Waals surface area (Å²) in [5.74, 6) is 0.989. The largest absolute Gasteiger partial charge is 0.347 e. The first-order valence-electron chi connectivity index (χ1n) is 4.56. The number of rotatable bonds is 0. The number of thioether (sulfide) groups is 1. The standard InChI is InChI=1S/C8H14N4S.2ClH/c1-7-6-13-8(11-10-7)12-4-2-9-3-5-12;;/h9H,2-6H2,1H3;2*1H. The molecule has 1 N–H and O–H groups in total. The monoisotopic (exact) mass is 270 g/mol. The van der Waals surface area contributed by atoms with E-state index in [1.54, 1.807) is 11.8 Å². The lowest BCUT2D eigenvalue weighted by molar-refractivity contribution is 0.362. The minimum atomic E-state index is 0. The van der Waals surface area contributed by atoms with Gasteiger partial charge >= 0.3 is 0 Å². The lowest BCUT2D eigenvalue weighted by Crippen LogP contribution is -2.46. The van der Waals surface area contributed by atoms with Gasteiger partial charge in [0.15, 0.2) is 5.17 Å². The average Bonchev–Trinajstić information content (AvgIpc) is 2.20. The molecule has 1 saturated heterocycles. The Hall–Kier alpha value is 0.0300. The molecular weight excluding hydrogens is 255 g/mol. The molecule has 1 fully saturated rings. The van der Waals surface area contributed by atoms with Crippen LogP contribution in [0.4, 0.5) is 0 Å². The Kier molecular flexibility index (Phi) is 7.34. The van der Waals surface area contributed by atoms with Crippen LogP contribution in [0.1, 0.15) is 6.92 Å². The maximum Gasteiger partial charge on any atom is 0.186 e. The van der Waals surface area contributed by atoms with E-state index in [1.807, 2.05) is 6.92 Å². The summed E-state index contributed by atoms with van der Waals surface area (Å²) in [5, 5.41) is 12.7. The second-order valence-electron chi connectivity index (χ2n) is 3.24. The van der Waals surface area contributed by atoms with Crippen LogP contribution in [0.15, 0.2) is 10.2 Å². The average molecular weight is 271 g/mol. The minimum absolute atomic E-state index is 0. The molecule has 2 rings (SSSR count). The van der Waals surface area contributed by atoms with E-state index in [2.05, 4.69) is 20.4 Å². The van der Waals surface area contributed by atoms with Crippen LogP contribution < -0.4 is 5.32 Å². The van der Waals surface area contributed by atoms with Gasteiger partial charge < -0.3 is 10.2 Å². The van der Waals surface area contributed by atoms with Crippen molar-refractivity contribution < 1.29 is 0 Å². The highest BCUT2D eigenvalue weighted by molar-refractivity contribution is 8.14. The Balaban J connectivity index is 0.000000980. The predicted molar refractivity (Wildman–Crippen MR) is 71.9 cm³/mol. The Morgan fingerprint density at radius 3 is 2.40 bits per heavy atom. The van der Waals surface area contributed by atoms with Gasteiger partial charge in [0.1, 0.15) is 0 Å². The summed E-state index contributed by atoms with van der Waals surface area (Å²) >= 11 is 1.80. The van der Waals surface area contributed by atoms with Crippen LogP contribution in [-0.4, -0.2) is 47.7 Å². The zero-order valence-corrected chi connectivity index (χ0v) is 11.1. The van der Waals surface area contributed by atoms with Crippen molar-refractivity contribution in [3.05, 3.63) is 0 Å². The lowest BCUT2D eigenvalue weighted by atomic mass is 10.4. The van der Waals surface area contributed by atoms with Gasteiger partial charge in [-0.1, -0.05) is 11.8 Å². The van der Waals surface area contributed by atoms with Gasteiger partial charge in [0, 0.05) is 37.6 Å². The molecule has 0 aromatic rings. The fourth-order valence-corrected chi connectivity index (χ4v) is 2.22. The zero-order chi connectivity index (χ0) is 9.10. The first kappa shape index (κ1) is 15.0. The first-order valence-corrected chi connectivity index (χ1v) is 5.54.